The number of hydrogen-bond donors (Lipinski definition) is 4. The van der Waals surface area contributed by atoms with E-state index in [1.165, 1.54) is 72.1 Å². The van der Waals surface area contributed by atoms with Crippen LogP contribution in [0.15, 0.2) is 193 Å². The van der Waals surface area contributed by atoms with Crippen LogP contribution in [0.1, 0.15) is 106 Å². The molecule has 12 heterocycles. The van der Waals surface area contributed by atoms with Gasteiger partial charge in [0.1, 0.15) is 54.8 Å². The number of benzene rings is 2. The molecule has 0 saturated heterocycles. The van der Waals surface area contributed by atoms with Crippen molar-refractivity contribution in [3.8, 4) is 58.1 Å². The summed E-state index contributed by atoms with van der Waals surface area (Å²) in [6, 6.07) is 36.0. The first kappa shape index (κ1) is 101. The number of oxime groups is 1. The van der Waals surface area contributed by atoms with Gasteiger partial charge in [-0.3, -0.25) is 18.9 Å². The largest absolute Gasteiger partial charge is 0.643 e. The molecule has 0 atom stereocenters. The van der Waals surface area contributed by atoms with Crippen LogP contribution in [0.3, 0.4) is 0 Å². The molecule has 0 saturated carbocycles. The number of nitrogens with two attached hydrogens (primary N) is 1. The van der Waals surface area contributed by atoms with Crippen LogP contribution < -0.4 is 30.3 Å². The molecule has 2 radical (unpaired) electrons. The molecule has 0 aliphatic heterocycles. The van der Waals surface area contributed by atoms with Crippen molar-refractivity contribution in [2.75, 3.05) is 28.4 Å². The number of aromatic nitrogens is 12. The van der Waals surface area contributed by atoms with Crippen molar-refractivity contribution in [3.63, 3.8) is 0 Å². The van der Waals surface area contributed by atoms with E-state index in [0.717, 1.165) is 74.2 Å². The topological polar surface area (TPSA) is 389 Å². The Balaban J connectivity index is 0.000000457. The molecule has 0 amide bonds. The van der Waals surface area contributed by atoms with Crippen molar-refractivity contribution in [2.24, 2.45) is 11.1 Å². The van der Waals surface area contributed by atoms with Crippen molar-refractivity contribution in [3.05, 3.63) is 232 Å². The van der Waals surface area contributed by atoms with Gasteiger partial charge in [-0.05, 0) is 185 Å². The fraction of sp³-hybridized carbons (Fsp3) is 0.176. The molecule has 0 aliphatic carbocycles. The van der Waals surface area contributed by atoms with Crippen molar-refractivity contribution < 1.29 is 61.0 Å². The number of esters is 2. The molecule has 0 spiro atoms. The second-order valence-electron chi connectivity index (χ2n) is 23.4. The van der Waals surface area contributed by atoms with E-state index in [-0.39, 0.29) is 8.60 Å². The van der Waals surface area contributed by atoms with Crippen LogP contribution in [0.25, 0.3) is 44.2 Å². The number of pyridine rings is 6. The summed E-state index contributed by atoms with van der Waals surface area (Å²) >= 11 is 28.9. The predicted molar refractivity (Wildman–Crippen MR) is 478 cm³/mol. The molecule has 0 aliphatic rings. The van der Waals surface area contributed by atoms with Crippen LogP contribution in [-0.4, -0.2) is 145 Å². The van der Waals surface area contributed by atoms with E-state index in [2.05, 4.69) is 255 Å². The first-order valence-corrected chi connectivity index (χ1v) is 46.6. The van der Waals surface area contributed by atoms with Crippen LogP contribution in [0.2, 0.25) is 0 Å². The molecular formula is C74H73AlBBr5Cl6N17O12P. The summed E-state index contributed by atoms with van der Waals surface area (Å²) in [5, 5.41) is 75.2. The van der Waals surface area contributed by atoms with Crippen LogP contribution in [0.5, 0.6) is 28.7 Å². The Morgan fingerprint density at radius 1 is 0.556 bits per heavy atom. The SMILES string of the molecule is CC(=O)OC(C)=O.COc1cc(Br)c2c(/C=N/O)cnn2c1.COc1cc(Br)c2c(C#N)cnn2c1.COc1cc(Br)c2c(C=O)cnn2c1.COc1cc(Br)c2ccnn2c1.Cc1ccc(C(C)C)cc1.N#Cc1cnn2cc(O)cc(Br)c12.NO.O=P(Cl)(Cl)Cl.[2HH].[2HH].[B]c1cc(-c2ccc(C(C)C)cc2)c2c(C#N)cnn2c1.[Cl][Al]([Cl])[Cl]. The highest BCUT2D eigenvalue weighted by Gasteiger charge is 2.16. The smallest absolute Gasteiger partial charge is 0.506 e. The van der Waals surface area contributed by atoms with Gasteiger partial charge in [-0.25, -0.2) is 63.1 Å². The number of nitrogens with zero attached hydrogens (tertiary/aromatic N) is 16. The monoisotopic (exact) mass is 2070 g/mol. The summed E-state index contributed by atoms with van der Waals surface area (Å²) in [6.07, 6.45) is 21.7. The lowest BCUT2D eigenvalue weighted by atomic mass is 9.92. The standard InChI is InChI=1S/C17H14BN3.C10H14.C9H8BrN3O2.C9H6BrN3O.C9H7BrN2O2.C8H4BrN3O.C8H7BrN2O.C4H6O3.Al.Cl3OP.3ClH.H3NO.2H2/c1-11(2)12-3-5-13(6-4-12)16-7-15(18)10-21-17(16)14(8-19)9-20-21;1-8(2)10-6-4-9(3)5-7-10;1-15-7-2-8(10)9-6(4-12-14)3-11-13(9)5-7;1-14-7-2-8(10)9-6(3-11)4-12-13(9)5-7;1-14-7-2-8(10)9-6(5-13)3-11-12(9)4-7;9-7-1-6(13)4-12-8(7)5(2-10)3-11-12;1-12-6-4-7(9)8-2-3-10-11(8)5-6;1-3(5)7-4(2)6;;1-5(2,3)4;;;;1-2;;/h3-7,9-11H,1-2H3;4-8H,1-3H3;2-5,14H,1H3;2,4-5H,1H3;2-5H,1H3;1,3-4,13H;2-5H,1H3;1-2H3;;;3*1H;2H,1H2;2*1H/q;;;;;;;;+3;;;;;;;/p-3/b;;12-4+;;;;;;;;;;;;;/i;;;;;;;;;;;;;;2*1+1. The Bertz CT molecular complexity index is 5870. The number of carbonyl (C=O) groups excluding carboxylic acids is 3. The minimum atomic E-state index is -3.22. The maximum Gasteiger partial charge on any atom is 0.643 e. The normalized spacial score (nSPS) is 10.2. The van der Waals surface area contributed by atoms with E-state index < -0.39 is 28.5 Å². The number of aldehydes is 1. The van der Waals surface area contributed by atoms with Gasteiger partial charge in [0.05, 0.1) is 158 Å². The molecule has 117 heavy (non-hydrogen) atoms. The molecule has 12 aromatic heterocycles. The molecule has 0 unspecified atom stereocenters. The summed E-state index contributed by atoms with van der Waals surface area (Å²) in [4.78, 5) is 30.3. The Morgan fingerprint density at radius 2 is 0.906 bits per heavy atom. The van der Waals surface area contributed by atoms with E-state index >= 15 is 0 Å². The van der Waals surface area contributed by atoms with Gasteiger partial charge >= 0.3 is 28.5 Å². The van der Waals surface area contributed by atoms with E-state index in [1.807, 2.05) is 36.5 Å². The zero-order valence-corrected chi connectivity index (χ0v) is 77.9. The summed E-state index contributed by atoms with van der Waals surface area (Å²) in [5.41, 5.74) is 14.3. The van der Waals surface area contributed by atoms with Gasteiger partial charge in [0.15, 0.2) is 6.29 Å². The van der Waals surface area contributed by atoms with E-state index in [0.29, 0.717) is 66.8 Å². The van der Waals surface area contributed by atoms with Crippen LogP contribution >= 0.6 is 149 Å². The maximum atomic E-state index is 10.7. The molecule has 5 N–H and O–H groups in total. The summed E-state index contributed by atoms with van der Waals surface area (Å²) < 4.78 is 47.6. The first-order valence-electron chi connectivity index (χ1n) is 32.9. The third kappa shape index (κ3) is 31.8. The average Bonchev–Trinajstić information content (AvgIpc) is 1.69. The zero-order chi connectivity index (χ0) is 87.6. The number of halogens is 11. The van der Waals surface area contributed by atoms with Crippen LogP contribution in [0.4, 0.5) is 0 Å². The Kier molecular flexibility index (Phi) is 43.2. The molecule has 14 aromatic rings. The number of carbonyl (C=O) groups is 3. The average molecular weight is 2080 g/mol. The van der Waals surface area contributed by atoms with Crippen molar-refractivity contribution in [1.82, 2.24) is 57.7 Å². The van der Waals surface area contributed by atoms with Crippen LogP contribution in [0, 0.1) is 40.9 Å². The number of rotatable bonds is 9. The quantitative estimate of drug-likeness (QED) is 0.0152. The molecule has 2 aromatic carbocycles. The number of fused-ring (bicyclic) bond motifs is 6. The number of aryl methyl sites for hydroxylation is 1. The fourth-order valence-corrected chi connectivity index (χ4v) is 12.8. The number of hydrogen-bond acceptors (Lipinski definition) is 23. The van der Waals surface area contributed by atoms with Crippen molar-refractivity contribution in [2.45, 2.75) is 60.3 Å². The lowest BCUT2D eigenvalue weighted by Crippen LogP contribution is -2.07. The van der Waals surface area contributed by atoms with Gasteiger partial charge in [-0.2, -0.15) is 46.4 Å². The van der Waals surface area contributed by atoms with Crippen molar-refractivity contribution in [1.29, 1.82) is 15.8 Å². The number of methoxy groups -OCH3 is 4. The molecular weight excluding hydrogens is 2000 g/mol. The minimum absolute atomic E-state index is 0. The molecule has 0 bridgehead atoms. The van der Waals surface area contributed by atoms with Gasteiger partial charge in [-0.1, -0.05) is 98.5 Å². The number of ether oxygens (including phenoxy) is 5. The molecule has 29 nitrogen and oxygen atoms in total. The molecule has 0 fully saturated rings. The summed E-state index contributed by atoms with van der Waals surface area (Å²) in [5.74, 6) is 6.49. The van der Waals surface area contributed by atoms with E-state index in [4.69, 9.17) is 77.9 Å². The summed E-state index contributed by atoms with van der Waals surface area (Å²) in [6.45, 7) is 13.2. The minimum Gasteiger partial charge on any atom is -0.506 e. The van der Waals surface area contributed by atoms with Gasteiger partial charge in [-0.15, -0.1) is 0 Å². The second kappa shape index (κ2) is 50.2. The Labute approximate surface area is 748 Å². The van der Waals surface area contributed by atoms with Gasteiger partial charge in [0, 0.05) is 56.4 Å². The van der Waals surface area contributed by atoms with E-state index in [1.54, 1.807) is 107 Å². The first-order chi connectivity index (χ1) is 55.5. The predicted octanol–water partition coefficient (Wildman–Crippen LogP) is 19.9. The highest BCUT2D eigenvalue weighted by molar-refractivity contribution is 9.11. The van der Waals surface area contributed by atoms with E-state index in [9.17, 15) is 29.3 Å². The fourth-order valence-electron chi connectivity index (χ4n) is 9.71. The molecule has 14 rings (SSSR count). The lowest BCUT2D eigenvalue weighted by Gasteiger charge is -2.10. The maximum absolute atomic E-state index is 10.7. The lowest BCUT2D eigenvalue weighted by molar-refractivity contribution is -0.156. The number of nitriles is 3. The third-order valence-electron chi connectivity index (χ3n) is 14.8. The molecule has 614 valence electrons. The third-order valence-corrected chi connectivity index (χ3v) is 17.9. The Morgan fingerprint density at radius 3 is 1.30 bits per heavy atom. The van der Waals surface area contributed by atoms with Gasteiger partial charge in [0.2, 0.25) is 0 Å². The second-order valence-corrected chi connectivity index (χ2v) is 40.8. The van der Waals surface area contributed by atoms with Crippen molar-refractivity contribution >= 4 is 231 Å². The zero-order valence-electron chi connectivity index (χ0n) is 63.4. The van der Waals surface area contributed by atoms with Gasteiger partial charge in [0.25, 0.3) is 0 Å². The highest BCUT2D eigenvalue weighted by atomic mass is 79.9. The van der Waals surface area contributed by atoms with Crippen LogP contribution in [-0.2, 0) is 18.9 Å². The molecule has 43 heteroatoms. The number of aromatic hydroxyl groups is 1. The Hall–Kier alpha value is -8.78. The van der Waals surface area contributed by atoms with Gasteiger partial charge < -0.3 is 39.2 Å². The summed E-state index contributed by atoms with van der Waals surface area (Å²) in [7, 11) is 27.2. The highest BCUT2D eigenvalue weighted by Crippen LogP contribution is 2.61.